The first kappa shape index (κ1) is 35.1. The third-order valence-electron chi connectivity index (χ3n) is 9.21. The van der Waals surface area contributed by atoms with E-state index in [4.69, 9.17) is 4.98 Å². The molecule has 1 aliphatic rings. The fourth-order valence-electron chi connectivity index (χ4n) is 6.47. The smallest absolute Gasteiger partial charge is 0.0163 e. The van der Waals surface area contributed by atoms with E-state index in [1.807, 2.05) is 30.6 Å². The van der Waals surface area contributed by atoms with Crippen molar-refractivity contribution in [3.63, 3.8) is 0 Å². The van der Waals surface area contributed by atoms with E-state index in [1.54, 1.807) is 0 Å². The van der Waals surface area contributed by atoms with Crippen molar-refractivity contribution in [1.29, 1.82) is 0 Å². The van der Waals surface area contributed by atoms with Gasteiger partial charge < -0.3 is 9.97 Å². The summed E-state index contributed by atoms with van der Waals surface area (Å²) in [5.41, 5.74) is 14.7. The van der Waals surface area contributed by atoms with Crippen molar-refractivity contribution < 1.29 is 20.1 Å². The summed E-state index contributed by atoms with van der Waals surface area (Å²) in [7, 11) is 0. The summed E-state index contributed by atoms with van der Waals surface area (Å²) in [5.74, 6) is 0. The second kappa shape index (κ2) is 13.7. The fourth-order valence-corrected chi connectivity index (χ4v) is 6.47. The molecule has 0 spiro atoms. The Morgan fingerprint density at radius 3 is 1.81 bits per heavy atom. The van der Waals surface area contributed by atoms with Crippen LogP contribution in [0.25, 0.3) is 44.8 Å². The molecule has 0 N–H and O–H groups in total. The van der Waals surface area contributed by atoms with E-state index >= 15 is 0 Å². The zero-order chi connectivity index (χ0) is 33.4. The number of fused-ring (bicyclic) bond motifs is 3. The molecule has 6 aromatic rings. The summed E-state index contributed by atoms with van der Waals surface area (Å²) in [6.45, 7) is 18.0. The Balaban J connectivity index is 0.000000186. The molecule has 1 aliphatic carbocycles. The van der Waals surface area contributed by atoms with Gasteiger partial charge in [0.1, 0.15) is 0 Å². The van der Waals surface area contributed by atoms with Gasteiger partial charge in [-0.1, -0.05) is 128 Å². The monoisotopic (exact) mass is 805 g/mol. The molecule has 0 saturated heterocycles. The number of aromatic nitrogens is 2. The summed E-state index contributed by atoms with van der Waals surface area (Å²) in [6.07, 6.45) is 3.82. The molecule has 2 aromatic heterocycles. The van der Waals surface area contributed by atoms with Crippen molar-refractivity contribution >= 4 is 0 Å². The summed E-state index contributed by atoms with van der Waals surface area (Å²) in [4.78, 5) is 9.22. The van der Waals surface area contributed by atoms with Gasteiger partial charge in [-0.25, -0.2) is 0 Å². The number of hydrogen-bond acceptors (Lipinski definition) is 2. The Morgan fingerprint density at radius 2 is 1.15 bits per heavy atom. The molecule has 48 heavy (non-hydrogen) atoms. The van der Waals surface area contributed by atoms with Gasteiger partial charge in [-0.15, -0.1) is 64.7 Å². The Morgan fingerprint density at radius 1 is 0.562 bits per heavy atom. The number of rotatable bonds is 3. The molecule has 2 nitrogen and oxygen atoms in total. The molecule has 2 heterocycles. The van der Waals surface area contributed by atoms with E-state index in [9.17, 15) is 0 Å². The van der Waals surface area contributed by atoms with Crippen molar-refractivity contribution in [1.82, 2.24) is 9.97 Å². The van der Waals surface area contributed by atoms with Crippen molar-refractivity contribution in [2.75, 3.05) is 0 Å². The molecule has 0 atom stereocenters. The molecule has 3 heteroatoms. The average Bonchev–Trinajstić information content (AvgIpc) is 3.31. The predicted molar refractivity (Wildman–Crippen MR) is 197 cm³/mol. The van der Waals surface area contributed by atoms with Crippen LogP contribution in [0.2, 0.25) is 0 Å². The molecule has 1 radical (unpaired) electrons. The van der Waals surface area contributed by atoms with Gasteiger partial charge in [-0.3, -0.25) is 0 Å². The molecule has 245 valence electrons. The first-order valence-electron chi connectivity index (χ1n) is 16.5. The molecular formula is C45H44IrN2-2. The van der Waals surface area contributed by atoms with E-state index in [0.717, 1.165) is 22.5 Å². The van der Waals surface area contributed by atoms with Crippen LogP contribution >= 0.6 is 0 Å². The number of benzene rings is 4. The van der Waals surface area contributed by atoms with E-state index < -0.39 is 0 Å². The van der Waals surface area contributed by atoms with Crippen molar-refractivity contribution in [2.45, 2.75) is 71.6 Å². The summed E-state index contributed by atoms with van der Waals surface area (Å²) in [6, 6.07) is 45.0. The fraction of sp³-hybridized carbons (Fsp3) is 0.244. The first-order valence-corrected chi connectivity index (χ1v) is 16.5. The van der Waals surface area contributed by atoms with E-state index in [2.05, 4.69) is 164 Å². The zero-order valence-corrected chi connectivity index (χ0v) is 31.7. The Labute approximate surface area is 301 Å². The van der Waals surface area contributed by atoms with Crippen LogP contribution in [-0.2, 0) is 36.4 Å². The van der Waals surface area contributed by atoms with E-state index in [-0.39, 0.29) is 36.4 Å². The van der Waals surface area contributed by atoms with Gasteiger partial charge in [0.2, 0.25) is 0 Å². The van der Waals surface area contributed by atoms with Crippen LogP contribution in [0.3, 0.4) is 0 Å². The summed E-state index contributed by atoms with van der Waals surface area (Å²) in [5, 5.41) is 0. The maximum atomic E-state index is 4.70. The van der Waals surface area contributed by atoms with Crippen molar-refractivity contribution in [3.05, 3.63) is 156 Å². The van der Waals surface area contributed by atoms with E-state index in [0.29, 0.717) is 0 Å². The van der Waals surface area contributed by atoms with Crippen molar-refractivity contribution in [3.8, 4) is 44.8 Å². The minimum Gasteiger partial charge on any atom is -0.305 e. The van der Waals surface area contributed by atoms with Gasteiger partial charge in [0.15, 0.2) is 0 Å². The van der Waals surface area contributed by atoms with Gasteiger partial charge in [-0.2, -0.15) is 0 Å². The molecule has 0 saturated carbocycles. The summed E-state index contributed by atoms with van der Waals surface area (Å²) >= 11 is 0. The van der Waals surface area contributed by atoms with E-state index in [1.165, 1.54) is 44.5 Å². The second-order valence-electron chi connectivity index (χ2n) is 15.0. The molecule has 0 bridgehead atoms. The second-order valence-corrected chi connectivity index (χ2v) is 15.0. The molecule has 0 unspecified atom stereocenters. The van der Waals surface area contributed by atoms with Crippen LogP contribution in [0.5, 0.6) is 0 Å². The normalized spacial score (nSPS) is 13.0. The van der Waals surface area contributed by atoms with Crippen LogP contribution < -0.4 is 0 Å². The third-order valence-corrected chi connectivity index (χ3v) is 9.21. The van der Waals surface area contributed by atoms with Gasteiger partial charge in [0.05, 0.1) is 0 Å². The molecule has 0 fully saturated rings. The van der Waals surface area contributed by atoms with Crippen LogP contribution in [-0.4, -0.2) is 9.97 Å². The Kier molecular flexibility index (Phi) is 10.1. The number of hydrogen-bond donors (Lipinski definition) is 0. The predicted octanol–water partition coefficient (Wildman–Crippen LogP) is 11.7. The quantitative estimate of drug-likeness (QED) is 0.167. The first-order chi connectivity index (χ1) is 22.3. The number of pyridine rings is 2. The minimum atomic E-state index is -0.0432. The van der Waals surface area contributed by atoms with Gasteiger partial charge in [0, 0.05) is 32.5 Å². The van der Waals surface area contributed by atoms with Crippen molar-refractivity contribution in [2.24, 2.45) is 0 Å². The van der Waals surface area contributed by atoms with Crippen LogP contribution in [0, 0.1) is 12.1 Å². The van der Waals surface area contributed by atoms with Gasteiger partial charge in [-0.05, 0) is 67.6 Å². The third kappa shape index (κ3) is 7.14. The summed E-state index contributed by atoms with van der Waals surface area (Å²) < 4.78 is 0. The maximum absolute atomic E-state index is 4.70. The SMILES string of the molecule is CC(C)(C)c1ccnc(-c2[c-]ccc(-c3ccccc3)c2)c1.CC(C)(C)c1ccnc(-c2[c-]ccc3c2C(C)(C)c2ccccc2-3)c1.[Ir]. The standard InChI is InChI=1S/C24H24N.C21H20N.Ir/c1-23(2,3)16-13-14-25-21(15-16)19-11-8-10-18-17-9-6-7-12-20(17)24(4,5)22(18)19;1-21(2,3)19-12-13-22-20(15-19)18-11-7-10-17(14-18)16-8-5-4-6-9-16;/h6-10,12-15H,1-5H3;4-10,12-15H,1-3H3;/q2*-1;. The zero-order valence-electron chi connectivity index (χ0n) is 29.3. The van der Waals surface area contributed by atoms with Crippen LogP contribution in [0.15, 0.2) is 122 Å². The average molecular weight is 805 g/mol. The number of nitrogens with zero attached hydrogens (tertiary/aromatic N) is 2. The molecule has 7 rings (SSSR count). The maximum Gasteiger partial charge on any atom is 0.0163 e. The minimum absolute atomic E-state index is 0. The molecular weight excluding hydrogens is 761 g/mol. The molecule has 0 aliphatic heterocycles. The van der Waals surface area contributed by atoms with Crippen LogP contribution in [0.4, 0.5) is 0 Å². The molecule has 0 amide bonds. The van der Waals surface area contributed by atoms with Gasteiger partial charge in [0.25, 0.3) is 0 Å². The Bertz CT molecular complexity index is 2030. The Hall–Kier alpha value is -4.17. The molecule has 4 aromatic carbocycles. The topological polar surface area (TPSA) is 25.8 Å². The largest absolute Gasteiger partial charge is 0.305 e. The van der Waals surface area contributed by atoms with Crippen LogP contribution in [0.1, 0.15) is 77.6 Å². The van der Waals surface area contributed by atoms with Gasteiger partial charge >= 0.3 is 0 Å².